The van der Waals surface area contributed by atoms with Gasteiger partial charge in [-0.15, -0.1) is 0 Å². The molecular weight excluding hydrogens is 248 g/mol. The zero-order chi connectivity index (χ0) is 10.3. The first kappa shape index (κ1) is 9.71. The third-order valence-corrected chi connectivity index (χ3v) is 3.25. The van der Waals surface area contributed by atoms with E-state index in [1.165, 1.54) is 7.11 Å². The molecular formula is C9H11BrN2O2. The highest BCUT2D eigenvalue weighted by Gasteiger charge is 2.31. The number of nitrogens with zero attached hydrogens (tertiary/aromatic N) is 2. The first-order chi connectivity index (χ1) is 6.65. The van der Waals surface area contributed by atoms with Crippen LogP contribution in [0.4, 0.5) is 0 Å². The molecule has 1 fully saturated rings. The van der Waals surface area contributed by atoms with Gasteiger partial charge in [0.25, 0.3) is 0 Å². The number of ether oxygens (including phenoxy) is 1. The Bertz CT molecular complexity index is 382. The minimum absolute atomic E-state index is 0.370. The summed E-state index contributed by atoms with van der Waals surface area (Å²) >= 11 is 3.43. The third kappa shape index (κ3) is 1.45. The first-order valence-corrected chi connectivity index (χ1v) is 5.27. The lowest BCUT2D eigenvalue weighted by Crippen LogP contribution is -2.11. The van der Waals surface area contributed by atoms with E-state index in [0.29, 0.717) is 11.9 Å². The lowest BCUT2D eigenvalue weighted by molar-refractivity contribution is 0.0580. The largest absolute Gasteiger partial charge is 0.463 e. The van der Waals surface area contributed by atoms with Gasteiger partial charge in [-0.3, -0.25) is 0 Å². The van der Waals surface area contributed by atoms with E-state index in [1.807, 2.05) is 11.5 Å². The zero-order valence-corrected chi connectivity index (χ0v) is 9.67. The number of hydrogen-bond acceptors (Lipinski definition) is 3. The van der Waals surface area contributed by atoms with Gasteiger partial charge in [-0.05, 0) is 35.7 Å². The monoisotopic (exact) mass is 258 g/mol. The fourth-order valence-corrected chi connectivity index (χ4v) is 1.97. The van der Waals surface area contributed by atoms with Crippen LogP contribution in [-0.4, -0.2) is 22.6 Å². The number of halogens is 1. The molecule has 4 nitrogen and oxygen atoms in total. The van der Waals surface area contributed by atoms with Crippen molar-refractivity contribution in [3.05, 3.63) is 16.1 Å². The molecule has 0 bridgehead atoms. The molecule has 0 amide bonds. The van der Waals surface area contributed by atoms with Crippen molar-refractivity contribution in [2.24, 2.45) is 0 Å². The van der Waals surface area contributed by atoms with E-state index < -0.39 is 0 Å². The number of imidazole rings is 1. The molecule has 0 aliphatic heterocycles. The molecule has 1 aliphatic rings. The van der Waals surface area contributed by atoms with Crippen LogP contribution < -0.4 is 0 Å². The molecule has 5 heteroatoms. The molecule has 0 atom stereocenters. The van der Waals surface area contributed by atoms with Gasteiger partial charge in [-0.25, -0.2) is 9.78 Å². The van der Waals surface area contributed by atoms with Gasteiger partial charge in [-0.2, -0.15) is 0 Å². The van der Waals surface area contributed by atoms with E-state index in [1.54, 1.807) is 0 Å². The van der Waals surface area contributed by atoms with E-state index in [0.717, 1.165) is 23.1 Å². The van der Waals surface area contributed by atoms with Crippen molar-refractivity contribution in [1.82, 2.24) is 9.55 Å². The number of carbonyl (C=O) groups is 1. The highest BCUT2D eigenvalue weighted by molar-refractivity contribution is 9.10. The molecule has 0 radical (unpaired) electrons. The van der Waals surface area contributed by atoms with Crippen LogP contribution in [0.2, 0.25) is 0 Å². The Kier molecular flexibility index (Phi) is 2.34. The van der Waals surface area contributed by atoms with E-state index >= 15 is 0 Å². The van der Waals surface area contributed by atoms with Crippen LogP contribution in [0.15, 0.2) is 4.60 Å². The second kappa shape index (κ2) is 3.38. The Morgan fingerprint density at radius 3 is 2.79 bits per heavy atom. The quantitative estimate of drug-likeness (QED) is 0.764. The molecule has 1 aromatic heterocycles. The van der Waals surface area contributed by atoms with Crippen LogP contribution in [0.3, 0.4) is 0 Å². The average molecular weight is 259 g/mol. The van der Waals surface area contributed by atoms with Gasteiger partial charge in [0.15, 0.2) is 0 Å². The van der Waals surface area contributed by atoms with E-state index in [4.69, 9.17) is 0 Å². The summed E-state index contributed by atoms with van der Waals surface area (Å²) in [6.07, 6.45) is 2.22. The SMILES string of the molecule is COC(=O)c1nc(C)c(Br)n1C1CC1. The van der Waals surface area contributed by atoms with Crippen LogP contribution in [0.5, 0.6) is 0 Å². The Hall–Kier alpha value is -0.840. The maximum absolute atomic E-state index is 11.4. The molecule has 0 saturated heterocycles. The Balaban J connectivity index is 2.47. The summed E-state index contributed by atoms with van der Waals surface area (Å²) in [6, 6.07) is 0.416. The summed E-state index contributed by atoms with van der Waals surface area (Å²) in [5.41, 5.74) is 0.831. The van der Waals surface area contributed by atoms with Crippen molar-refractivity contribution >= 4 is 21.9 Å². The number of hydrogen-bond donors (Lipinski definition) is 0. The highest BCUT2D eigenvalue weighted by Crippen LogP contribution is 2.39. The van der Waals surface area contributed by atoms with Crippen molar-refractivity contribution in [2.75, 3.05) is 7.11 Å². The number of esters is 1. The van der Waals surface area contributed by atoms with Crippen LogP contribution >= 0.6 is 15.9 Å². The van der Waals surface area contributed by atoms with E-state index in [9.17, 15) is 4.79 Å². The smallest absolute Gasteiger partial charge is 0.374 e. The van der Waals surface area contributed by atoms with Gasteiger partial charge < -0.3 is 9.30 Å². The molecule has 76 valence electrons. The summed E-state index contributed by atoms with van der Waals surface area (Å²) in [4.78, 5) is 15.6. The molecule has 1 aromatic rings. The van der Waals surface area contributed by atoms with Crippen molar-refractivity contribution in [3.8, 4) is 0 Å². The Morgan fingerprint density at radius 1 is 1.64 bits per heavy atom. The number of rotatable bonds is 2. The number of aromatic nitrogens is 2. The summed E-state index contributed by atoms with van der Waals surface area (Å²) in [5.74, 6) is 0.0325. The lowest BCUT2D eigenvalue weighted by atomic mass is 10.5. The molecule has 14 heavy (non-hydrogen) atoms. The van der Waals surface area contributed by atoms with E-state index in [-0.39, 0.29) is 5.97 Å². The second-order valence-corrected chi connectivity index (χ2v) is 4.16. The number of methoxy groups -OCH3 is 1. The van der Waals surface area contributed by atoms with Gasteiger partial charge in [0, 0.05) is 6.04 Å². The van der Waals surface area contributed by atoms with Crippen LogP contribution in [0.1, 0.15) is 35.2 Å². The minimum atomic E-state index is -0.370. The zero-order valence-electron chi connectivity index (χ0n) is 8.08. The maximum Gasteiger partial charge on any atom is 0.374 e. The van der Waals surface area contributed by atoms with Crippen LogP contribution in [-0.2, 0) is 4.74 Å². The normalized spacial score (nSPS) is 15.6. The van der Waals surface area contributed by atoms with Gasteiger partial charge >= 0.3 is 5.97 Å². The maximum atomic E-state index is 11.4. The lowest BCUT2D eigenvalue weighted by Gasteiger charge is -2.05. The molecule has 0 aromatic carbocycles. The predicted molar refractivity (Wildman–Crippen MR) is 54.3 cm³/mol. The summed E-state index contributed by atoms with van der Waals surface area (Å²) in [5, 5.41) is 0. The summed E-state index contributed by atoms with van der Waals surface area (Å²) in [6.45, 7) is 1.87. The molecule has 2 rings (SSSR count). The molecule has 1 aliphatic carbocycles. The first-order valence-electron chi connectivity index (χ1n) is 4.47. The van der Waals surface area contributed by atoms with Gasteiger partial charge in [0.2, 0.25) is 5.82 Å². The standard InChI is InChI=1S/C9H11BrN2O2/c1-5-7(10)12(6-3-4-6)8(11-5)9(13)14-2/h6H,3-4H2,1-2H3. The summed E-state index contributed by atoms with van der Waals surface area (Å²) in [7, 11) is 1.37. The van der Waals surface area contributed by atoms with Crippen LogP contribution in [0, 0.1) is 6.92 Å². The number of aryl methyl sites for hydroxylation is 1. The molecule has 0 spiro atoms. The summed E-state index contributed by atoms with van der Waals surface area (Å²) < 4.78 is 7.49. The topological polar surface area (TPSA) is 44.1 Å². The third-order valence-electron chi connectivity index (χ3n) is 2.29. The average Bonchev–Trinajstić information content (AvgIpc) is 2.95. The Labute approximate surface area is 90.4 Å². The molecule has 1 heterocycles. The molecule has 1 saturated carbocycles. The van der Waals surface area contributed by atoms with E-state index in [2.05, 4.69) is 25.7 Å². The fraction of sp³-hybridized carbons (Fsp3) is 0.556. The number of carbonyl (C=O) groups excluding carboxylic acids is 1. The molecule has 0 N–H and O–H groups in total. The predicted octanol–water partition coefficient (Wildman–Crippen LogP) is 2.08. The van der Waals surface area contributed by atoms with Crippen molar-refractivity contribution < 1.29 is 9.53 Å². The van der Waals surface area contributed by atoms with Crippen molar-refractivity contribution in [3.63, 3.8) is 0 Å². The van der Waals surface area contributed by atoms with Crippen molar-refractivity contribution in [1.29, 1.82) is 0 Å². The van der Waals surface area contributed by atoms with Crippen LogP contribution in [0.25, 0.3) is 0 Å². The Morgan fingerprint density at radius 2 is 2.29 bits per heavy atom. The highest BCUT2D eigenvalue weighted by atomic mass is 79.9. The van der Waals surface area contributed by atoms with Crippen molar-refractivity contribution in [2.45, 2.75) is 25.8 Å². The van der Waals surface area contributed by atoms with Gasteiger partial charge in [0.05, 0.1) is 12.8 Å². The van der Waals surface area contributed by atoms with Gasteiger partial charge in [0.1, 0.15) is 4.60 Å². The molecule has 0 unspecified atom stereocenters. The fourth-order valence-electron chi connectivity index (χ4n) is 1.43. The minimum Gasteiger partial charge on any atom is -0.463 e. The van der Waals surface area contributed by atoms with Gasteiger partial charge in [-0.1, -0.05) is 0 Å². The second-order valence-electron chi connectivity index (χ2n) is 3.40.